The normalized spacial score (nSPS) is 14.6. The predicted molar refractivity (Wildman–Crippen MR) is 84.0 cm³/mol. The molecule has 5 nitrogen and oxygen atoms in total. The van der Waals surface area contributed by atoms with E-state index in [1.807, 2.05) is 19.1 Å². The number of anilines is 2. The van der Waals surface area contributed by atoms with Crippen LogP contribution in [0.25, 0.3) is 0 Å². The van der Waals surface area contributed by atoms with Gasteiger partial charge in [0.05, 0.1) is 18.0 Å². The van der Waals surface area contributed by atoms with Crippen molar-refractivity contribution in [3.63, 3.8) is 0 Å². The summed E-state index contributed by atoms with van der Waals surface area (Å²) in [6, 6.07) is 5.43. The third-order valence-corrected chi connectivity index (χ3v) is 5.00. The van der Waals surface area contributed by atoms with Crippen LogP contribution < -0.4 is 10.0 Å². The van der Waals surface area contributed by atoms with E-state index in [9.17, 15) is 8.42 Å². The standard InChI is InChI=1S/C13H20N2O3S.ClH/c1-2-18-9-10-19(16,17)15-8-4-5-11-12(14)6-3-7-13(11)15;/h3,6-7H,2,4-5,8-10,14H2,1H3;1H. The fourth-order valence-corrected chi connectivity index (χ4v) is 3.75. The lowest BCUT2D eigenvalue weighted by Gasteiger charge is -2.31. The third kappa shape index (κ3) is 3.56. The van der Waals surface area contributed by atoms with E-state index in [-0.39, 0.29) is 24.8 Å². The molecular weight excluding hydrogens is 300 g/mol. The van der Waals surface area contributed by atoms with E-state index in [2.05, 4.69) is 0 Å². The second kappa shape index (κ2) is 7.15. The molecule has 0 fully saturated rings. The number of benzene rings is 1. The molecule has 0 saturated heterocycles. The summed E-state index contributed by atoms with van der Waals surface area (Å²) in [6.07, 6.45) is 1.63. The molecule has 7 heteroatoms. The number of halogens is 1. The summed E-state index contributed by atoms with van der Waals surface area (Å²) in [7, 11) is -3.33. The Balaban J connectivity index is 0.00000200. The summed E-state index contributed by atoms with van der Waals surface area (Å²) in [5, 5.41) is 0. The molecule has 0 aromatic heterocycles. The Morgan fingerprint density at radius 1 is 1.40 bits per heavy atom. The van der Waals surface area contributed by atoms with Crippen molar-refractivity contribution in [3.05, 3.63) is 23.8 Å². The fourth-order valence-electron chi connectivity index (χ4n) is 2.33. The number of fused-ring (bicyclic) bond motifs is 1. The Labute approximate surface area is 126 Å². The van der Waals surface area contributed by atoms with Gasteiger partial charge in [-0.25, -0.2) is 8.42 Å². The van der Waals surface area contributed by atoms with Gasteiger partial charge in [-0.15, -0.1) is 12.4 Å². The van der Waals surface area contributed by atoms with Gasteiger partial charge in [0.1, 0.15) is 0 Å². The van der Waals surface area contributed by atoms with Crippen molar-refractivity contribution < 1.29 is 13.2 Å². The summed E-state index contributed by atoms with van der Waals surface area (Å²) in [4.78, 5) is 0. The minimum absolute atomic E-state index is 0. The summed E-state index contributed by atoms with van der Waals surface area (Å²) < 4.78 is 31.3. The van der Waals surface area contributed by atoms with E-state index in [4.69, 9.17) is 10.5 Å². The number of ether oxygens (including phenoxy) is 1. The Morgan fingerprint density at radius 2 is 2.15 bits per heavy atom. The molecule has 0 saturated carbocycles. The number of nitrogen functional groups attached to an aromatic ring is 1. The van der Waals surface area contributed by atoms with Gasteiger partial charge in [-0.05, 0) is 37.5 Å². The van der Waals surface area contributed by atoms with Crippen LogP contribution >= 0.6 is 12.4 Å². The molecule has 20 heavy (non-hydrogen) atoms. The van der Waals surface area contributed by atoms with Gasteiger partial charge in [0.2, 0.25) is 10.0 Å². The van der Waals surface area contributed by atoms with Crippen LogP contribution in [0.5, 0.6) is 0 Å². The highest BCUT2D eigenvalue weighted by Gasteiger charge is 2.27. The molecule has 1 aromatic carbocycles. The lowest BCUT2D eigenvalue weighted by atomic mass is 10.0. The van der Waals surface area contributed by atoms with E-state index in [1.54, 1.807) is 6.07 Å². The average molecular weight is 321 g/mol. The number of hydrogen-bond acceptors (Lipinski definition) is 4. The van der Waals surface area contributed by atoms with Crippen LogP contribution in [0.4, 0.5) is 11.4 Å². The monoisotopic (exact) mass is 320 g/mol. The van der Waals surface area contributed by atoms with Gasteiger partial charge in [-0.2, -0.15) is 0 Å². The van der Waals surface area contributed by atoms with Crippen LogP contribution in [0.3, 0.4) is 0 Å². The Hall–Kier alpha value is -0.980. The molecule has 1 aromatic rings. The SMILES string of the molecule is CCOCCS(=O)(=O)N1CCCc2c(N)cccc21.Cl. The second-order valence-electron chi connectivity index (χ2n) is 4.53. The third-order valence-electron chi connectivity index (χ3n) is 3.27. The van der Waals surface area contributed by atoms with E-state index in [0.29, 0.717) is 18.8 Å². The van der Waals surface area contributed by atoms with Gasteiger partial charge in [-0.1, -0.05) is 6.07 Å². The summed E-state index contributed by atoms with van der Waals surface area (Å²) in [5.41, 5.74) is 8.25. The first kappa shape index (κ1) is 17.1. The predicted octanol–water partition coefficient (Wildman–Crippen LogP) is 1.81. The average Bonchev–Trinajstić information content (AvgIpc) is 2.39. The van der Waals surface area contributed by atoms with Crippen molar-refractivity contribution in [2.45, 2.75) is 19.8 Å². The van der Waals surface area contributed by atoms with Crippen LogP contribution in [0, 0.1) is 0 Å². The number of rotatable bonds is 5. The number of nitrogens with zero attached hydrogens (tertiary/aromatic N) is 1. The molecule has 0 aliphatic carbocycles. The van der Waals surface area contributed by atoms with Crippen molar-refractivity contribution in [2.75, 3.05) is 35.6 Å². The topological polar surface area (TPSA) is 72.6 Å². The Morgan fingerprint density at radius 3 is 2.85 bits per heavy atom. The van der Waals surface area contributed by atoms with Crippen LogP contribution in [0.15, 0.2) is 18.2 Å². The zero-order valence-corrected chi connectivity index (χ0v) is 13.2. The highest BCUT2D eigenvalue weighted by Crippen LogP contribution is 2.33. The molecule has 1 aliphatic rings. The van der Waals surface area contributed by atoms with E-state index in [1.165, 1.54) is 4.31 Å². The molecular formula is C13H21ClN2O3S. The Bertz CT molecular complexity index is 549. The fraction of sp³-hybridized carbons (Fsp3) is 0.538. The first-order valence-electron chi connectivity index (χ1n) is 6.52. The van der Waals surface area contributed by atoms with Crippen molar-refractivity contribution in [1.82, 2.24) is 0 Å². The van der Waals surface area contributed by atoms with Crippen molar-refractivity contribution in [3.8, 4) is 0 Å². The number of sulfonamides is 1. The van der Waals surface area contributed by atoms with Crippen LogP contribution in [0.2, 0.25) is 0 Å². The van der Waals surface area contributed by atoms with Gasteiger partial charge in [0, 0.05) is 18.8 Å². The summed E-state index contributed by atoms with van der Waals surface area (Å²) in [6.45, 7) is 3.13. The first-order chi connectivity index (χ1) is 9.06. The maximum Gasteiger partial charge on any atom is 0.237 e. The largest absolute Gasteiger partial charge is 0.398 e. The van der Waals surface area contributed by atoms with Crippen LogP contribution in [0.1, 0.15) is 18.9 Å². The van der Waals surface area contributed by atoms with E-state index >= 15 is 0 Å². The van der Waals surface area contributed by atoms with Crippen LogP contribution in [-0.4, -0.2) is 33.9 Å². The molecule has 1 aliphatic heterocycles. The minimum atomic E-state index is -3.33. The second-order valence-corrected chi connectivity index (χ2v) is 6.55. The molecule has 2 rings (SSSR count). The number of hydrogen-bond donors (Lipinski definition) is 1. The summed E-state index contributed by atoms with van der Waals surface area (Å²) in [5.74, 6) is 0.00901. The molecule has 0 amide bonds. The zero-order chi connectivity index (χ0) is 13.9. The zero-order valence-electron chi connectivity index (χ0n) is 11.5. The van der Waals surface area contributed by atoms with Crippen LogP contribution in [-0.2, 0) is 21.2 Å². The van der Waals surface area contributed by atoms with E-state index < -0.39 is 10.0 Å². The lowest BCUT2D eigenvalue weighted by Crippen LogP contribution is -2.38. The highest BCUT2D eigenvalue weighted by atomic mass is 35.5. The molecule has 0 unspecified atom stereocenters. The molecule has 0 radical (unpaired) electrons. The molecule has 0 atom stereocenters. The van der Waals surface area contributed by atoms with Gasteiger partial charge >= 0.3 is 0 Å². The van der Waals surface area contributed by atoms with Gasteiger partial charge in [0.25, 0.3) is 0 Å². The minimum Gasteiger partial charge on any atom is -0.398 e. The van der Waals surface area contributed by atoms with Crippen molar-refractivity contribution >= 4 is 33.8 Å². The van der Waals surface area contributed by atoms with Gasteiger partial charge in [0.15, 0.2) is 0 Å². The summed E-state index contributed by atoms with van der Waals surface area (Å²) >= 11 is 0. The maximum atomic E-state index is 12.3. The van der Waals surface area contributed by atoms with Crippen molar-refractivity contribution in [1.29, 1.82) is 0 Å². The first-order valence-corrected chi connectivity index (χ1v) is 8.12. The molecule has 0 spiro atoms. The highest BCUT2D eigenvalue weighted by molar-refractivity contribution is 7.92. The lowest BCUT2D eigenvalue weighted by molar-refractivity contribution is 0.163. The molecule has 114 valence electrons. The quantitative estimate of drug-likeness (QED) is 0.663. The Kier molecular flexibility index (Phi) is 6.10. The number of nitrogens with two attached hydrogens (primary N) is 1. The molecule has 2 N–H and O–H groups in total. The molecule has 1 heterocycles. The maximum absolute atomic E-state index is 12.3. The van der Waals surface area contributed by atoms with Gasteiger partial charge < -0.3 is 10.5 Å². The van der Waals surface area contributed by atoms with E-state index in [0.717, 1.165) is 24.1 Å². The van der Waals surface area contributed by atoms with Crippen molar-refractivity contribution in [2.24, 2.45) is 0 Å². The smallest absolute Gasteiger partial charge is 0.237 e. The van der Waals surface area contributed by atoms with Gasteiger partial charge in [-0.3, -0.25) is 4.31 Å². The molecule has 0 bridgehead atoms.